The van der Waals surface area contributed by atoms with Gasteiger partial charge in [0.15, 0.2) is 5.90 Å². The Labute approximate surface area is 180 Å². The number of nitrogens with one attached hydrogen (secondary N) is 2. The molecule has 0 aliphatic heterocycles. The van der Waals surface area contributed by atoms with Gasteiger partial charge in [-0.15, -0.1) is 0 Å². The molecule has 0 atom stereocenters. The highest BCUT2D eigenvalue weighted by Gasteiger charge is 2.28. The average molecular weight is 433 g/mol. The number of rotatable bonds is 15. The molecule has 0 saturated carbocycles. The Morgan fingerprint density at radius 1 is 0.867 bits per heavy atom. The standard InChI is InChI=1S/C23H33N2O4P/c1-2-3-4-5-6-13-18-27-23(24)19-25-20-30(26,28-21-14-9-7-10-15-21)29-22-16-11-8-12-17-22/h7-12,14-17,24-25H,2-6,13,18-20H2,1H3. The van der Waals surface area contributed by atoms with Crippen LogP contribution in [0.2, 0.25) is 0 Å². The van der Waals surface area contributed by atoms with Crippen LogP contribution in [-0.4, -0.2) is 25.3 Å². The second-order valence-electron chi connectivity index (χ2n) is 7.04. The summed E-state index contributed by atoms with van der Waals surface area (Å²) in [6, 6.07) is 17.9. The van der Waals surface area contributed by atoms with Crippen LogP contribution in [-0.2, 0) is 9.30 Å². The predicted molar refractivity (Wildman–Crippen MR) is 122 cm³/mol. The first-order valence-electron chi connectivity index (χ1n) is 10.6. The fraction of sp³-hybridized carbons (Fsp3) is 0.435. The van der Waals surface area contributed by atoms with Crippen LogP contribution in [0, 0.1) is 5.41 Å². The van der Waals surface area contributed by atoms with Gasteiger partial charge in [-0.1, -0.05) is 75.4 Å². The van der Waals surface area contributed by atoms with Gasteiger partial charge in [0.25, 0.3) is 0 Å². The quantitative estimate of drug-likeness (QED) is 0.151. The van der Waals surface area contributed by atoms with Gasteiger partial charge in [-0.25, -0.2) is 4.57 Å². The molecule has 6 nitrogen and oxygen atoms in total. The molecule has 2 N–H and O–H groups in total. The van der Waals surface area contributed by atoms with Crippen molar-refractivity contribution in [1.82, 2.24) is 5.32 Å². The van der Waals surface area contributed by atoms with Gasteiger partial charge in [0, 0.05) is 0 Å². The Morgan fingerprint density at radius 2 is 1.40 bits per heavy atom. The molecule has 0 unspecified atom stereocenters. The first kappa shape index (κ1) is 24.0. The Bertz CT molecular complexity index is 726. The fourth-order valence-corrected chi connectivity index (χ4v) is 4.24. The van der Waals surface area contributed by atoms with Gasteiger partial charge in [0.1, 0.15) is 17.8 Å². The van der Waals surface area contributed by atoms with E-state index in [1.807, 2.05) is 12.1 Å². The van der Waals surface area contributed by atoms with Crippen LogP contribution >= 0.6 is 7.60 Å². The zero-order chi connectivity index (χ0) is 21.5. The first-order valence-corrected chi connectivity index (χ1v) is 12.3. The largest absolute Gasteiger partial charge is 0.480 e. The van der Waals surface area contributed by atoms with Gasteiger partial charge in [0.2, 0.25) is 0 Å². The minimum Gasteiger partial charge on any atom is -0.480 e. The molecule has 164 valence electrons. The maximum absolute atomic E-state index is 13.3. The summed E-state index contributed by atoms with van der Waals surface area (Å²) in [4.78, 5) is 0. The Morgan fingerprint density at radius 3 is 1.97 bits per heavy atom. The lowest BCUT2D eigenvalue weighted by Crippen LogP contribution is -2.27. The van der Waals surface area contributed by atoms with Crippen LogP contribution in [0.4, 0.5) is 0 Å². The van der Waals surface area contributed by atoms with E-state index < -0.39 is 7.60 Å². The van der Waals surface area contributed by atoms with Crippen molar-refractivity contribution < 1.29 is 18.3 Å². The van der Waals surface area contributed by atoms with Crippen LogP contribution in [0.3, 0.4) is 0 Å². The molecular formula is C23H33N2O4P. The van der Waals surface area contributed by atoms with Crippen molar-refractivity contribution in [1.29, 1.82) is 5.41 Å². The highest BCUT2D eigenvalue weighted by atomic mass is 31.2. The van der Waals surface area contributed by atoms with E-state index >= 15 is 0 Å². The van der Waals surface area contributed by atoms with Crippen molar-refractivity contribution >= 4 is 13.5 Å². The molecule has 0 bridgehead atoms. The molecule has 0 aliphatic carbocycles. The summed E-state index contributed by atoms with van der Waals surface area (Å²) < 4.78 is 30.1. The minimum absolute atomic E-state index is 0.0421. The highest BCUT2D eigenvalue weighted by Crippen LogP contribution is 2.47. The van der Waals surface area contributed by atoms with E-state index in [0.717, 1.165) is 12.8 Å². The normalized spacial score (nSPS) is 11.1. The molecule has 0 heterocycles. The van der Waals surface area contributed by atoms with Gasteiger partial charge < -0.3 is 13.8 Å². The Balaban J connectivity index is 1.78. The molecule has 2 rings (SSSR count). The average Bonchev–Trinajstić information content (AvgIpc) is 2.74. The number of ether oxygens (including phenoxy) is 1. The minimum atomic E-state index is -3.53. The van der Waals surface area contributed by atoms with Gasteiger partial charge in [-0.2, -0.15) is 0 Å². The molecule has 7 heteroatoms. The number of hydrogen-bond acceptors (Lipinski definition) is 6. The highest BCUT2D eigenvalue weighted by molar-refractivity contribution is 7.54. The van der Waals surface area contributed by atoms with E-state index in [9.17, 15) is 4.57 Å². The summed E-state index contributed by atoms with van der Waals surface area (Å²) in [5, 5.41) is 10.9. The van der Waals surface area contributed by atoms with Gasteiger partial charge in [0.05, 0.1) is 13.2 Å². The van der Waals surface area contributed by atoms with Crippen molar-refractivity contribution in [3.63, 3.8) is 0 Å². The van der Waals surface area contributed by atoms with E-state index in [4.69, 9.17) is 19.2 Å². The number of hydrogen-bond donors (Lipinski definition) is 2. The maximum Gasteiger partial charge on any atom is 0.444 e. The van der Waals surface area contributed by atoms with Gasteiger partial charge in [-0.05, 0) is 30.7 Å². The number of para-hydroxylation sites is 2. The smallest absolute Gasteiger partial charge is 0.444 e. The van der Waals surface area contributed by atoms with Crippen LogP contribution in [0.25, 0.3) is 0 Å². The topological polar surface area (TPSA) is 80.6 Å². The lowest BCUT2D eigenvalue weighted by atomic mass is 10.1. The molecule has 0 spiro atoms. The summed E-state index contributed by atoms with van der Waals surface area (Å²) in [6.07, 6.45) is 6.99. The van der Waals surface area contributed by atoms with Crippen molar-refractivity contribution in [3.05, 3.63) is 60.7 Å². The van der Waals surface area contributed by atoms with E-state index in [-0.39, 0.29) is 18.7 Å². The van der Waals surface area contributed by atoms with Crippen LogP contribution in [0.5, 0.6) is 11.5 Å². The Kier molecular flexibility index (Phi) is 11.1. The third-order valence-electron chi connectivity index (χ3n) is 4.34. The van der Waals surface area contributed by atoms with Crippen LogP contribution in [0.15, 0.2) is 60.7 Å². The van der Waals surface area contributed by atoms with Crippen molar-refractivity contribution in [2.45, 2.75) is 45.4 Å². The lowest BCUT2D eigenvalue weighted by molar-refractivity contribution is 0.282. The SMILES string of the molecule is CCCCCCCCOC(=N)CNCP(=O)(Oc1ccccc1)Oc1ccccc1. The first-order chi connectivity index (χ1) is 14.6. The molecule has 30 heavy (non-hydrogen) atoms. The zero-order valence-corrected chi connectivity index (χ0v) is 18.6. The number of unbranched alkanes of at least 4 members (excludes halogenated alkanes) is 5. The second-order valence-corrected chi connectivity index (χ2v) is 8.95. The van der Waals surface area contributed by atoms with E-state index in [2.05, 4.69) is 12.2 Å². The molecule has 0 amide bonds. The van der Waals surface area contributed by atoms with Gasteiger partial charge in [-0.3, -0.25) is 10.7 Å². The molecule has 0 radical (unpaired) electrons. The monoisotopic (exact) mass is 432 g/mol. The molecule has 2 aromatic rings. The van der Waals surface area contributed by atoms with Crippen molar-refractivity contribution in [2.24, 2.45) is 0 Å². The zero-order valence-electron chi connectivity index (χ0n) is 17.7. The summed E-state index contributed by atoms with van der Waals surface area (Å²) in [7, 11) is -3.53. The molecule has 2 aromatic carbocycles. The molecule has 0 saturated heterocycles. The maximum atomic E-state index is 13.3. The predicted octanol–water partition coefficient (Wildman–Crippen LogP) is 6.24. The molecule has 0 aliphatic rings. The van der Waals surface area contributed by atoms with Crippen LogP contribution < -0.4 is 14.4 Å². The lowest BCUT2D eigenvalue weighted by Gasteiger charge is -2.20. The summed E-state index contributed by atoms with van der Waals surface area (Å²) in [5.74, 6) is 1.05. The summed E-state index contributed by atoms with van der Waals surface area (Å²) in [6.45, 7) is 2.90. The molecular weight excluding hydrogens is 399 g/mol. The van der Waals surface area contributed by atoms with Crippen molar-refractivity contribution in [3.8, 4) is 11.5 Å². The summed E-state index contributed by atoms with van der Waals surface area (Å²) >= 11 is 0. The number of benzene rings is 2. The molecule has 0 aromatic heterocycles. The van der Waals surface area contributed by atoms with Gasteiger partial charge >= 0.3 is 7.60 Å². The Hall–Kier alpha value is -2.30. The second kappa shape index (κ2) is 13.8. The molecule has 0 fully saturated rings. The van der Waals surface area contributed by atoms with Crippen molar-refractivity contribution in [2.75, 3.05) is 19.4 Å². The third kappa shape index (κ3) is 9.95. The third-order valence-corrected chi connectivity index (χ3v) is 5.93. The van der Waals surface area contributed by atoms with E-state index in [1.165, 1.54) is 25.7 Å². The fourth-order valence-electron chi connectivity index (χ4n) is 2.80. The van der Waals surface area contributed by atoms with E-state index in [1.54, 1.807) is 48.5 Å². The van der Waals surface area contributed by atoms with E-state index in [0.29, 0.717) is 18.1 Å². The summed E-state index contributed by atoms with van der Waals surface area (Å²) in [5.41, 5.74) is 0. The van der Waals surface area contributed by atoms with Crippen LogP contribution in [0.1, 0.15) is 45.4 Å².